The van der Waals surface area contributed by atoms with Crippen LogP contribution in [-0.2, 0) is 13.3 Å². The summed E-state index contributed by atoms with van der Waals surface area (Å²) in [5.41, 5.74) is 0. The molecule has 1 unspecified atom stereocenters. The Bertz CT molecular complexity index is 151. The maximum atomic E-state index is 5.78. The molecule has 0 amide bonds. The second-order valence-electron chi connectivity index (χ2n) is 3.90. The van der Waals surface area contributed by atoms with Crippen LogP contribution in [0.3, 0.4) is 0 Å². The fraction of sp³-hybridized carbons (Fsp3) is 1.00. The molecule has 0 aliphatic carbocycles. The fourth-order valence-electron chi connectivity index (χ4n) is 1.12. The first-order valence-electron chi connectivity index (χ1n) is 4.39. The zero-order valence-corrected chi connectivity index (χ0v) is 10.3. The van der Waals surface area contributed by atoms with E-state index in [0.717, 1.165) is 12.8 Å². The van der Waals surface area contributed by atoms with E-state index in [4.69, 9.17) is 13.3 Å². The van der Waals surface area contributed by atoms with Crippen molar-refractivity contribution in [3.63, 3.8) is 0 Å². The van der Waals surface area contributed by atoms with Crippen molar-refractivity contribution in [1.29, 1.82) is 0 Å². The van der Waals surface area contributed by atoms with Gasteiger partial charge in [0.1, 0.15) is 0 Å². The molecule has 0 radical (unpaired) electrons. The van der Waals surface area contributed by atoms with E-state index < -0.39 is 16.9 Å². The first kappa shape index (κ1) is 10.4. The van der Waals surface area contributed by atoms with Crippen LogP contribution in [0.2, 0.25) is 19.6 Å². The van der Waals surface area contributed by atoms with Crippen LogP contribution in [0.5, 0.6) is 0 Å². The van der Waals surface area contributed by atoms with Gasteiger partial charge >= 0.3 is 8.56 Å². The molecule has 12 heavy (non-hydrogen) atoms. The van der Waals surface area contributed by atoms with E-state index in [9.17, 15) is 0 Å². The molecule has 0 saturated carbocycles. The Morgan fingerprint density at radius 2 is 1.83 bits per heavy atom. The Morgan fingerprint density at radius 1 is 1.17 bits per heavy atom. The molecule has 1 saturated heterocycles. The number of hydrogen-bond acceptors (Lipinski definition) is 3. The molecule has 0 N–H and O–H groups in total. The minimum Gasteiger partial charge on any atom is -0.413 e. The van der Waals surface area contributed by atoms with Crippen LogP contribution >= 0.6 is 0 Å². The molecule has 1 rings (SSSR count). The third-order valence-corrected chi connectivity index (χ3v) is 6.57. The summed E-state index contributed by atoms with van der Waals surface area (Å²) in [4.78, 5) is 0. The molecule has 1 heterocycles. The Kier molecular flexibility index (Phi) is 3.11. The third kappa shape index (κ3) is 2.67. The Hall–Kier alpha value is 0.314. The maximum Gasteiger partial charge on any atom is 0.360 e. The summed E-state index contributed by atoms with van der Waals surface area (Å²) >= 11 is 0. The number of rotatable bonds is 2. The molecule has 0 bridgehead atoms. The fourth-order valence-corrected chi connectivity index (χ4v) is 7.29. The van der Waals surface area contributed by atoms with E-state index >= 15 is 0 Å². The average Bonchev–Trinajstić information content (AvgIpc) is 1.98. The normalized spacial score (nSPS) is 35.0. The largest absolute Gasteiger partial charge is 0.413 e. The van der Waals surface area contributed by atoms with Crippen molar-refractivity contribution in [2.75, 3.05) is 19.1 Å². The molecule has 1 aliphatic heterocycles. The van der Waals surface area contributed by atoms with E-state index in [1.54, 1.807) is 0 Å². The van der Waals surface area contributed by atoms with Gasteiger partial charge in [-0.3, -0.25) is 0 Å². The van der Waals surface area contributed by atoms with Gasteiger partial charge in [-0.1, -0.05) is 0 Å². The molecule has 1 aliphatic rings. The molecule has 5 heteroatoms. The molecule has 72 valence electrons. The first-order chi connectivity index (χ1) is 5.47. The maximum absolute atomic E-state index is 5.78. The highest BCUT2D eigenvalue weighted by atomic mass is 28.4. The monoisotopic (exact) mass is 206 g/mol. The standard InChI is InChI=1S/C7H18O3Si2/c1-5-8-12(4)7-9-11(2,3)6-10-12/h5-7H2,1-4H3. The zero-order valence-electron chi connectivity index (χ0n) is 8.35. The van der Waals surface area contributed by atoms with Crippen LogP contribution in [0.15, 0.2) is 0 Å². The molecule has 1 fully saturated rings. The average molecular weight is 206 g/mol. The zero-order chi connectivity index (χ0) is 9.24. The molecule has 0 aromatic heterocycles. The van der Waals surface area contributed by atoms with Gasteiger partial charge in [-0.2, -0.15) is 0 Å². The summed E-state index contributed by atoms with van der Waals surface area (Å²) in [6.07, 6.45) is 1.50. The summed E-state index contributed by atoms with van der Waals surface area (Å²) in [7, 11) is -3.39. The first-order valence-corrected chi connectivity index (χ1v) is 10.0. The lowest BCUT2D eigenvalue weighted by molar-refractivity contribution is 0.140. The highest BCUT2D eigenvalue weighted by molar-refractivity contribution is 6.76. The highest BCUT2D eigenvalue weighted by Gasteiger charge is 2.42. The van der Waals surface area contributed by atoms with E-state index in [2.05, 4.69) is 19.6 Å². The topological polar surface area (TPSA) is 27.7 Å². The second-order valence-corrected chi connectivity index (χ2v) is 11.1. The number of hydrogen-bond donors (Lipinski definition) is 0. The predicted molar refractivity (Wildman–Crippen MR) is 52.6 cm³/mol. The summed E-state index contributed by atoms with van der Waals surface area (Å²) < 4.78 is 17.1. The lowest BCUT2D eigenvalue weighted by atomic mass is 10.9. The van der Waals surface area contributed by atoms with Gasteiger partial charge in [0.05, 0.1) is 12.5 Å². The van der Waals surface area contributed by atoms with Crippen molar-refractivity contribution in [1.82, 2.24) is 0 Å². The van der Waals surface area contributed by atoms with Gasteiger partial charge in [-0.25, -0.2) is 0 Å². The summed E-state index contributed by atoms with van der Waals surface area (Å²) in [5.74, 6) is 0. The van der Waals surface area contributed by atoms with Crippen molar-refractivity contribution in [3.05, 3.63) is 0 Å². The lowest BCUT2D eigenvalue weighted by Crippen LogP contribution is -2.57. The van der Waals surface area contributed by atoms with E-state index in [1.165, 1.54) is 0 Å². The van der Waals surface area contributed by atoms with Crippen LogP contribution in [-0.4, -0.2) is 35.9 Å². The van der Waals surface area contributed by atoms with Crippen molar-refractivity contribution in [2.45, 2.75) is 26.6 Å². The van der Waals surface area contributed by atoms with Gasteiger partial charge in [-0.05, 0) is 26.6 Å². The van der Waals surface area contributed by atoms with Crippen molar-refractivity contribution in [2.24, 2.45) is 0 Å². The van der Waals surface area contributed by atoms with E-state index in [0.29, 0.717) is 6.23 Å². The molecule has 0 aromatic carbocycles. The van der Waals surface area contributed by atoms with Gasteiger partial charge in [-0.15, -0.1) is 0 Å². The van der Waals surface area contributed by atoms with Gasteiger partial charge in [0, 0.05) is 6.61 Å². The Labute approximate surface area is 76.4 Å². The summed E-state index contributed by atoms with van der Waals surface area (Å²) in [5, 5.41) is 0. The van der Waals surface area contributed by atoms with Gasteiger partial charge in [0.15, 0.2) is 0 Å². The third-order valence-electron chi connectivity index (χ3n) is 1.90. The summed E-state index contributed by atoms with van der Waals surface area (Å²) in [6.45, 7) is 9.15. The molecular formula is C7H18O3Si2. The van der Waals surface area contributed by atoms with Crippen LogP contribution in [0.25, 0.3) is 0 Å². The van der Waals surface area contributed by atoms with Crippen molar-refractivity contribution in [3.8, 4) is 0 Å². The molecular weight excluding hydrogens is 188 g/mol. The Morgan fingerprint density at radius 3 is 2.25 bits per heavy atom. The molecule has 0 aromatic rings. The van der Waals surface area contributed by atoms with Gasteiger partial charge in [0.25, 0.3) is 0 Å². The summed E-state index contributed by atoms with van der Waals surface area (Å²) in [6, 6.07) is 0. The minimum atomic E-state index is -1.91. The van der Waals surface area contributed by atoms with Crippen molar-refractivity contribution < 1.29 is 13.3 Å². The van der Waals surface area contributed by atoms with Gasteiger partial charge in [0.2, 0.25) is 8.32 Å². The van der Waals surface area contributed by atoms with Crippen LogP contribution in [0.4, 0.5) is 0 Å². The highest BCUT2D eigenvalue weighted by Crippen LogP contribution is 2.19. The second kappa shape index (κ2) is 3.59. The van der Waals surface area contributed by atoms with E-state index in [-0.39, 0.29) is 0 Å². The predicted octanol–water partition coefficient (Wildman–Crippen LogP) is 1.43. The molecule has 1 atom stereocenters. The van der Waals surface area contributed by atoms with Crippen molar-refractivity contribution >= 4 is 16.9 Å². The minimum absolute atomic E-state index is 0.708. The van der Waals surface area contributed by atoms with E-state index in [1.807, 2.05) is 6.92 Å². The molecule has 0 spiro atoms. The Balaban J connectivity index is 2.44. The van der Waals surface area contributed by atoms with Crippen LogP contribution in [0, 0.1) is 0 Å². The van der Waals surface area contributed by atoms with Crippen LogP contribution in [0.1, 0.15) is 6.92 Å². The van der Waals surface area contributed by atoms with Crippen LogP contribution < -0.4 is 0 Å². The quantitative estimate of drug-likeness (QED) is 0.640. The smallest absolute Gasteiger partial charge is 0.360 e. The SMILES string of the molecule is CCO[Si]1(C)CO[Si](C)(C)CO1. The lowest BCUT2D eigenvalue weighted by Gasteiger charge is -2.37. The molecule has 3 nitrogen and oxygen atoms in total. The van der Waals surface area contributed by atoms with Gasteiger partial charge < -0.3 is 13.3 Å².